The normalized spacial score (nSPS) is 15.0. The van der Waals surface area contributed by atoms with Crippen LogP contribution >= 0.6 is 0 Å². The van der Waals surface area contributed by atoms with E-state index >= 15 is 0 Å². The molecular formula is C51H39BN. The molecule has 1 atom stereocenters. The summed E-state index contributed by atoms with van der Waals surface area (Å²) in [4.78, 5) is 0. The number of anilines is 2. The Balaban J connectivity index is 1.29. The molecule has 0 saturated carbocycles. The summed E-state index contributed by atoms with van der Waals surface area (Å²) in [5.74, 6) is 0.215. The molecule has 0 aliphatic carbocycles. The molecule has 2 heterocycles. The Morgan fingerprint density at radius 1 is 0.528 bits per heavy atom. The summed E-state index contributed by atoms with van der Waals surface area (Å²) in [5, 5.41) is 6.58. The average Bonchev–Trinajstić information content (AvgIpc) is 3.20. The van der Waals surface area contributed by atoms with Gasteiger partial charge in [0.2, 0.25) is 0 Å². The van der Waals surface area contributed by atoms with Crippen molar-refractivity contribution in [2.24, 2.45) is 0 Å². The van der Waals surface area contributed by atoms with Gasteiger partial charge in [0.05, 0.1) is 11.1 Å². The van der Waals surface area contributed by atoms with Crippen LogP contribution in [0.25, 0.3) is 33.0 Å². The largest absolute Gasteiger partial charge is 0.354 e. The van der Waals surface area contributed by atoms with Crippen molar-refractivity contribution >= 4 is 40.4 Å². The van der Waals surface area contributed by atoms with Gasteiger partial charge in [-0.15, -0.1) is 0 Å². The summed E-state index contributed by atoms with van der Waals surface area (Å²) >= 11 is 0. The van der Waals surface area contributed by atoms with E-state index in [-0.39, 0.29) is 5.92 Å². The Labute approximate surface area is 313 Å². The Morgan fingerprint density at radius 2 is 1.15 bits per heavy atom. The van der Waals surface area contributed by atoms with Gasteiger partial charge in [-0.1, -0.05) is 176 Å². The molecule has 53 heavy (non-hydrogen) atoms. The molecule has 0 bridgehead atoms. The molecular weight excluding hydrogens is 637 g/mol. The van der Waals surface area contributed by atoms with Crippen molar-refractivity contribution in [1.82, 2.24) is 0 Å². The molecule has 8 aromatic carbocycles. The molecule has 1 radical (unpaired) electrons. The van der Waals surface area contributed by atoms with E-state index in [9.17, 15) is 0 Å². The average molecular weight is 677 g/mol. The summed E-state index contributed by atoms with van der Waals surface area (Å²) in [5.41, 5.74) is 20.0. The Bertz CT molecular complexity index is 2670. The first-order chi connectivity index (χ1) is 26.0. The van der Waals surface area contributed by atoms with E-state index in [2.05, 4.69) is 203 Å². The molecule has 1 N–H and O–H groups in total. The zero-order valence-electron chi connectivity index (χ0n) is 30.3. The van der Waals surface area contributed by atoms with E-state index in [0.717, 1.165) is 11.4 Å². The molecule has 0 saturated heterocycles. The second-order valence-electron chi connectivity index (χ2n) is 14.8. The minimum absolute atomic E-state index is 0.215. The van der Waals surface area contributed by atoms with Crippen molar-refractivity contribution in [3.8, 4) is 22.3 Å². The minimum atomic E-state index is -0.517. The predicted molar refractivity (Wildman–Crippen MR) is 225 cm³/mol. The fraction of sp³-hybridized carbons (Fsp3) is 0.0980. The van der Waals surface area contributed by atoms with Gasteiger partial charge >= 0.3 is 0 Å². The smallest absolute Gasteiger partial charge is 0.193 e. The maximum Gasteiger partial charge on any atom is 0.193 e. The number of fused-ring (bicyclic) bond motifs is 5. The first-order valence-electron chi connectivity index (χ1n) is 18.8. The lowest BCUT2D eigenvalue weighted by Crippen LogP contribution is -2.41. The molecule has 0 fully saturated rings. The van der Waals surface area contributed by atoms with Gasteiger partial charge in [-0.2, -0.15) is 0 Å². The maximum atomic E-state index is 4.02. The van der Waals surface area contributed by atoms with Gasteiger partial charge in [0.15, 0.2) is 7.28 Å². The van der Waals surface area contributed by atoms with Crippen molar-refractivity contribution in [3.05, 3.63) is 214 Å². The van der Waals surface area contributed by atoms with Crippen LogP contribution in [0.5, 0.6) is 0 Å². The molecule has 0 spiro atoms. The molecule has 2 aliphatic heterocycles. The third-order valence-corrected chi connectivity index (χ3v) is 11.9. The van der Waals surface area contributed by atoms with Crippen molar-refractivity contribution in [2.75, 3.05) is 5.32 Å². The van der Waals surface area contributed by atoms with Crippen LogP contribution in [-0.2, 0) is 5.41 Å². The first kappa shape index (κ1) is 31.6. The summed E-state index contributed by atoms with van der Waals surface area (Å²) < 4.78 is 0. The Hall–Kier alpha value is -6.12. The Kier molecular flexibility index (Phi) is 7.30. The third-order valence-electron chi connectivity index (χ3n) is 11.9. The van der Waals surface area contributed by atoms with E-state index in [1.165, 1.54) is 88.5 Å². The third kappa shape index (κ3) is 4.72. The number of rotatable bonds is 4. The molecule has 10 rings (SSSR count). The zero-order valence-corrected chi connectivity index (χ0v) is 30.3. The number of nitrogens with one attached hydrogen (secondary N) is 1. The minimum Gasteiger partial charge on any atom is -0.354 e. The molecule has 2 heteroatoms. The van der Waals surface area contributed by atoms with Crippen LogP contribution in [-0.4, -0.2) is 7.28 Å². The number of hydrogen-bond donors (Lipinski definition) is 1. The standard InChI is InChI=1S/C51H39BN/c1-32-29-35-17-10-11-18-36(35)31-41(32)47-33(2)30-42(49-48(47)34(3)39-23-12-14-27-45(39)52-49)40-24-16-26-44-50(40)53-46-28-15-13-25-43(46)51(44,37-19-6-4-7-20-37)38-21-8-5-9-22-38/h4-31,34,53H,1-3H3. The van der Waals surface area contributed by atoms with Crippen LogP contribution < -0.4 is 16.2 Å². The van der Waals surface area contributed by atoms with Gasteiger partial charge in [0.25, 0.3) is 0 Å². The molecule has 251 valence electrons. The van der Waals surface area contributed by atoms with E-state index < -0.39 is 5.41 Å². The molecule has 1 nitrogen and oxygen atoms in total. The van der Waals surface area contributed by atoms with Gasteiger partial charge in [-0.05, 0) is 98.0 Å². The highest BCUT2D eigenvalue weighted by Crippen LogP contribution is 2.55. The predicted octanol–water partition coefficient (Wildman–Crippen LogP) is 11.4. The van der Waals surface area contributed by atoms with Crippen LogP contribution in [0, 0.1) is 13.8 Å². The van der Waals surface area contributed by atoms with Gasteiger partial charge in [0.1, 0.15) is 0 Å². The fourth-order valence-corrected chi connectivity index (χ4v) is 9.60. The number of aryl methyl sites for hydroxylation is 2. The molecule has 0 aromatic heterocycles. The Morgan fingerprint density at radius 3 is 1.91 bits per heavy atom. The molecule has 2 aliphatic rings. The number of hydrogen-bond acceptors (Lipinski definition) is 1. The summed E-state index contributed by atoms with van der Waals surface area (Å²) in [6, 6.07) is 62.9. The second-order valence-corrected chi connectivity index (χ2v) is 14.8. The van der Waals surface area contributed by atoms with E-state index in [1.807, 2.05) is 0 Å². The van der Waals surface area contributed by atoms with Crippen LogP contribution in [0.2, 0.25) is 0 Å². The summed E-state index contributed by atoms with van der Waals surface area (Å²) in [6.45, 7) is 6.99. The first-order valence-corrected chi connectivity index (χ1v) is 18.8. The monoisotopic (exact) mass is 676 g/mol. The highest BCUT2D eigenvalue weighted by molar-refractivity contribution is 6.70. The van der Waals surface area contributed by atoms with Crippen molar-refractivity contribution in [1.29, 1.82) is 0 Å². The van der Waals surface area contributed by atoms with Crippen molar-refractivity contribution < 1.29 is 0 Å². The summed E-state index contributed by atoms with van der Waals surface area (Å²) in [7, 11) is 2.46. The fourth-order valence-electron chi connectivity index (χ4n) is 9.60. The second kappa shape index (κ2) is 12.2. The van der Waals surface area contributed by atoms with Crippen LogP contribution in [0.15, 0.2) is 170 Å². The summed E-state index contributed by atoms with van der Waals surface area (Å²) in [6.07, 6.45) is 0. The highest BCUT2D eigenvalue weighted by atomic mass is 14.9. The lowest BCUT2D eigenvalue weighted by molar-refractivity contribution is 0.741. The lowest BCUT2D eigenvalue weighted by atomic mass is 9.51. The highest BCUT2D eigenvalue weighted by Gasteiger charge is 2.45. The van der Waals surface area contributed by atoms with Gasteiger partial charge in [0, 0.05) is 17.2 Å². The number of para-hydroxylation sites is 2. The molecule has 1 unspecified atom stereocenters. The lowest BCUT2D eigenvalue weighted by Gasteiger charge is -2.43. The van der Waals surface area contributed by atoms with E-state index in [1.54, 1.807) is 0 Å². The van der Waals surface area contributed by atoms with Gasteiger partial charge in [-0.25, -0.2) is 0 Å². The maximum absolute atomic E-state index is 4.02. The van der Waals surface area contributed by atoms with E-state index in [4.69, 9.17) is 0 Å². The van der Waals surface area contributed by atoms with Crippen molar-refractivity contribution in [3.63, 3.8) is 0 Å². The zero-order chi connectivity index (χ0) is 35.7. The van der Waals surface area contributed by atoms with Crippen LogP contribution in [0.3, 0.4) is 0 Å². The molecule has 8 aromatic rings. The van der Waals surface area contributed by atoms with E-state index in [0.29, 0.717) is 0 Å². The van der Waals surface area contributed by atoms with Crippen molar-refractivity contribution in [2.45, 2.75) is 32.1 Å². The quantitative estimate of drug-likeness (QED) is 0.183. The SMILES string of the molecule is Cc1cc2ccccc2cc1-c1c(C)cc(-c2cccc3c2Nc2ccccc2C3(c2ccccc2)c2ccccc2)c2c1C(C)c1ccccc1[B]2. The molecule has 0 amide bonds. The van der Waals surface area contributed by atoms with Crippen LogP contribution in [0.4, 0.5) is 11.4 Å². The topological polar surface area (TPSA) is 12.0 Å². The number of benzene rings is 8. The van der Waals surface area contributed by atoms with Crippen LogP contribution in [0.1, 0.15) is 57.3 Å². The van der Waals surface area contributed by atoms with Gasteiger partial charge < -0.3 is 5.32 Å². The van der Waals surface area contributed by atoms with Gasteiger partial charge in [-0.3, -0.25) is 0 Å².